The van der Waals surface area contributed by atoms with Gasteiger partial charge in [-0.25, -0.2) is 0 Å². The number of hydrogen-bond donors (Lipinski definition) is 3. The summed E-state index contributed by atoms with van der Waals surface area (Å²) in [6, 6.07) is 5.34. The quantitative estimate of drug-likeness (QED) is 0.516. The largest absolute Gasteiger partial charge is 0.471 e. The molecule has 2 aliphatic heterocycles. The summed E-state index contributed by atoms with van der Waals surface area (Å²) < 4.78 is 38.8. The SMILES string of the molecule is CC(C)C[C@H](NC(=O)[C@@H](NC(=O)C(F)(F)F)C(C)(C)C)C(=O)N1C[C@]2(C[C@H]1C#N)C(=O)Nc1ccccc12. The average molecular weight is 536 g/mol. The lowest BCUT2D eigenvalue weighted by molar-refractivity contribution is -0.175. The van der Waals surface area contributed by atoms with Crippen molar-refractivity contribution in [3.8, 4) is 6.07 Å². The van der Waals surface area contributed by atoms with Gasteiger partial charge in [0.15, 0.2) is 0 Å². The zero-order chi connectivity index (χ0) is 28.6. The van der Waals surface area contributed by atoms with Crippen molar-refractivity contribution in [3.05, 3.63) is 29.8 Å². The number of carbonyl (C=O) groups is 4. The van der Waals surface area contributed by atoms with Gasteiger partial charge in [0, 0.05) is 18.7 Å². The van der Waals surface area contributed by atoms with Gasteiger partial charge in [-0.15, -0.1) is 0 Å². The molecule has 0 aromatic heterocycles. The van der Waals surface area contributed by atoms with E-state index in [1.54, 1.807) is 43.4 Å². The van der Waals surface area contributed by atoms with Gasteiger partial charge in [-0.1, -0.05) is 52.8 Å². The third-order valence-electron chi connectivity index (χ3n) is 6.90. The number of carbonyl (C=O) groups excluding carboxylic acids is 4. The Labute approximate surface area is 219 Å². The Kier molecular flexibility index (Phi) is 7.82. The number of alkyl halides is 3. The maximum Gasteiger partial charge on any atom is 0.471 e. The van der Waals surface area contributed by atoms with Gasteiger partial charge >= 0.3 is 12.1 Å². The van der Waals surface area contributed by atoms with Crippen molar-refractivity contribution in [2.45, 2.75) is 77.2 Å². The van der Waals surface area contributed by atoms with Gasteiger partial charge in [0.2, 0.25) is 17.7 Å². The molecule has 1 saturated heterocycles. The standard InChI is InChI=1S/C26H32F3N5O4/c1-14(2)10-18(31-20(35)19(24(3,4)5)33-23(38)26(27,28)29)21(36)34-13-25(11-15(34)12-30)16-8-6-7-9-17(16)32-22(25)37/h6-9,14-15,18-19H,10-11,13H2,1-5H3,(H,31,35)(H,32,37)(H,33,38)/t15-,18-,19+,25-/m0/s1. The lowest BCUT2D eigenvalue weighted by Gasteiger charge is -2.33. The van der Waals surface area contributed by atoms with Crippen LogP contribution < -0.4 is 16.0 Å². The van der Waals surface area contributed by atoms with Crippen LogP contribution in [0.5, 0.6) is 0 Å². The zero-order valence-electron chi connectivity index (χ0n) is 21.9. The van der Waals surface area contributed by atoms with E-state index in [0.717, 1.165) is 0 Å². The van der Waals surface area contributed by atoms with Crippen LogP contribution in [0.3, 0.4) is 0 Å². The summed E-state index contributed by atoms with van der Waals surface area (Å²) in [7, 11) is 0. The van der Waals surface area contributed by atoms with Gasteiger partial charge < -0.3 is 20.9 Å². The molecule has 4 atom stereocenters. The van der Waals surface area contributed by atoms with Crippen molar-refractivity contribution in [1.29, 1.82) is 5.26 Å². The Morgan fingerprint density at radius 2 is 1.82 bits per heavy atom. The predicted octanol–water partition coefficient (Wildman–Crippen LogP) is 2.63. The molecule has 0 bridgehead atoms. The molecule has 1 fully saturated rings. The van der Waals surface area contributed by atoms with Crippen molar-refractivity contribution in [1.82, 2.24) is 15.5 Å². The van der Waals surface area contributed by atoms with Crippen molar-refractivity contribution >= 4 is 29.3 Å². The summed E-state index contributed by atoms with van der Waals surface area (Å²) in [5, 5.41) is 16.9. The Morgan fingerprint density at radius 3 is 2.37 bits per heavy atom. The van der Waals surface area contributed by atoms with Crippen LogP contribution in [0.15, 0.2) is 24.3 Å². The first-order valence-electron chi connectivity index (χ1n) is 12.3. The van der Waals surface area contributed by atoms with E-state index in [9.17, 15) is 37.6 Å². The fourth-order valence-electron chi connectivity index (χ4n) is 5.02. The molecule has 1 aromatic rings. The molecule has 1 spiro atoms. The highest BCUT2D eigenvalue weighted by atomic mass is 19.4. The normalized spacial score (nSPS) is 22.5. The van der Waals surface area contributed by atoms with Crippen molar-refractivity contribution in [2.24, 2.45) is 11.3 Å². The van der Waals surface area contributed by atoms with Crippen LogP contribution >= 0.6 is 0 Å². The average Bonchev–Trinajstić information content (AvgIpc) is 3.33. The Morgan fingerprint density at radius 1 is 1.18 bits per heavy atom. The molecule has 9 nitrogen and oxygen atoms in total. The molecule has 0 saturated carbocycles. The van der Waals surface area contributed by atoms with Crippen LogP contribution in [-0.4, -0.2) is 59.4 Å². The smallest absolute Gasteiger partial charge is 0.342 e. The number of halogens is 3. The summed E-state index contributed by atoms with van der Waals surface area (Å²) >= 11 is 0. The Balaban J connectivity index is 1.89. The molecule has 12 heteroatoms. The summed E-state index contributed by atoms with van der Waals surface area (Å²) in [5.41, 5.74) is -0.973. The number of nitrogens with one attached hydrogen (secondary N) is 3. The van der Waals surface area contributed by atoms with Crippen molar-refractivity contribution < 1.29 is 32.3 Å². The molecule has 0 aliphatic carbocycles. The number of fused-ring (bicyclic) bond motifs is 2. The van der Waals surface area contributed by atoms with Crippen LogP contribution in [0.25, 0.3) is 0 Å². The van der Waals surface area contributed by atoms with Crippen LogP contribution in [0.4, 0.5) is 18.9 Å². The second-order valence-electron chi connectivity index (χ2n) is 11.4. The molecule has 3 N–H and O–H groups in total. The van der Waals surface area contributed by atoms with E-state index < -0.39 is 52.9 Å². The van der Waals surface area contributed by atoms with E-state index in [-0.39, 0.29) is 31.2 Å². The third kappa shape index (κ3) is 5.61. The van der Waals surface area contributed by atoms with Gasteiger partial charge in [-0.05, 0) is 29.4 Å². The first kappa shape index (κ1) is 28.9. The second-order valence-corrected chi connectivity index (χ2v) is 11.4. The van der Waals surface area contributed by atoms with Gasteiger partial charge in [0.05, 0.1) is 11.5 Å². The maximum absolute atomic E-state index is 13.8. The minimum Gasteiger partial charge on any atom is -0.342 e. The molecule has 2 aliphatic rings. The van der Waals surface area contributed by atoms with Crippen molar-refractivity contribution in [3.63, 3.8) is 0 Å². The molecule has 3 rings (SSSR count). The number of likely N-dealkylation sites (tertiary alicyclic amines) is 1. The van der Waals surface area contributed by atoms with E-state index in [4.69, 9.17) is 0 Å². The van der Waals surface area contributed by atoms with E-state index in [2.05, 4.69) is 16.7 Å². The highest BCUT2D eigenvalue weighted by molar-refractivity contribution is 6.07. The minimum atomic E-state index is -5.20. The number of nitriles is 1. The van der Waals surface area contributed by atoms with E-state index in [1.165, 1.54) is 25.7 Å². The number of benzene rings is 1. The van der Waals surface area contributed by atoms with Crippen LogP contribution in [0.2, 0.25) is 0 Å². The summed E-state index contributed by atoms with van der Waals surface area (Å²) in [6.07, 6.45) is -5.01. The van der Waals surface area contributed by atoms with Crippen LogP contribution in [0, 0.1) is 22.7 Å². The first-order chi connectivity index (χ1) is 17.5. The number of nitrogens with zero attached hydrogens (tertiary/aromatic N) is 2. The molecule has 206 valence electrons. The number of anilines is 1. The fourth-order valence-corrected chi connectivity index (χ4v) is 5.02. The van der Waals surface area contributed by atoms with Crippen molar-refractivity contribution in [2.75, 3.05) is 11.9 Å². The Hall–Kier alpha value is -3.62. The summed E-state index contributed by atoms with van der Waals surface area (Å²) in [6.45, 7) is 7.96. The van der Waals surface area contributed by atoms with Gasteiger partial charge in [0.25, 0.3) is 0 Å². The highest BCUT2D eigenvalue weighted by Gasteiger charge is 2.56. The lowest BCUT2D eigenvalue weighted by atomic mass is 9.80. The number of para-hydroxylation sites is 1. The predicted molar refractivity (Wildman–Crippen MR) is 131 cm³/mol. The van der Waals surface area contributed by atoms with Crippen LogP contribution in [-0.2, 0) is 24.6 Å². The molecular formula is C26H32F3N5O4. The second kappa shape index (κ2) is 10.3. The summed E-state index contributed by atoms with van der Waals surface area (Å²) in [4.78, 5) is 52.9. The Bertz CT molecular complexity index is 1170. The number of amides is 4. The molecule has 1 aromatic carbocycles. The molecular weight excluding hydrogens is 503 g/mol. The third-order valence-corrected chi connectivity index (χ3v) is 6.90. The van der Waals surface area contributed by atoms with Crippen LogP contribution in [0.1, 0.15) is 53.0 Å². The molecule has 0 radical (unpaired) electrons. The maximum atomic E-state index is 13.8. The zero-order valence-corrected chi connectivity index (χ0v) is 21.9. The molecule has 38 heavy (non-hydrogen) atoms. The monoisotopic (exact) mass is 535 g/mol. The van der Waals surface area contributed by atoms with Gasteiger partial charge in [-0.2, -0.15) is 18.4 Å². The molecule has 0 unspecified atom stereocenters. The summed E-state index contributed by atoms with van der Waals surface area (Å²) in [5.74, 6) is -4.30. The number of rotatable bonds is 6. The minimum absolute atomic E-state index is 0.0622. The first-order valence-corrected chi connectivity index (χ1v) is 12.3. The molecule has 4 amide bonds. The van der Waals surface area contributed by atoms with E-state index in [0.29, 0.717) is 11.3 Å². The highest BCUT2D eigenvalue weighted by Crippen LogP contribution is 2.46. The topological polar surface area (TPSA) is 131 Å². The lowest BCUT2D eigenvalue weighted by Crippen LogP contribution is -2.60. The molecule has 2 heterocycles. The van der Waals surface area contributed by atoms with Gasteiger partial charge in [0.1, 0.15) is 18.1 Å². The van der Waals surface area contributed by atoms with E-state index >= 15 is 0 Å². The number of hydrogen-bond acceptors (Lipinski definition) is 5. The van der Waals surface area contributed by atoms with E-state index in [1.807, 2.05) is 0 Å². The fraction of sp³-hybridized carbons (Fsp3) is 0.577. The van der Waals surface area contributed by atoms with Gasteiger partial charge in [-0.3, -0.25) is 19.2 Å².